The zero-order valence-corrected chi connectivity index (χ0v) is 19.6. The second-order valence-corrected chi connectivity index (χ2v) is 9.71. The smallest absolute Gasteiger partial charge is 0.282 e. The quantitative estimate of drug-likeness (QED) is 0.563. The topological polar surface area (TPSA) is 89.7 Å². The molecular weight excluding hydrogens is 446 g/mol. The molecular formula is C26H29N5O4. The van der Waals surface area contributed by atoms with E-state index in [9.17, 15) is 14.4 Å². The fraction of sp³-hybridized carbons (Fsp3) is 0.462. The monoisotopic (exact) mass is 475 g/mol. The molecule has 0 spiro atoms. The number of carbonyl (C=O) groups is 2. The second-order valence-electron chi connectivity index (χ2n) is 9.71. The van der Waals surface area contributed by atoms with Crippen molar-refractivity contribution in [2.75, 3.05) is 32.8 Å². The van der Waals surface area contributed by atoms with E-state index in [-0.39, 0.29) is 29.4 Å². The van der Waals surface area contributed by atoms with Gasteiger partial charge in [0, 0.05) is 57.6 Å². The standard InChI is InChI=1S/C26H29N5O4/c32-24(18-8-9-18)29-10-12-30(13-11-29)25(33)21-16-28(15-20-7-4-14-35-20)17-22-23(21)27-31(26(22)34)19-5-2-1-3-6-19/h1-3,5-6,16-18,20H,4,7-15H2. The Morgan fingerprint density at radius 2 is 1.71 bits per heavy atom. The van der Waals surface area contributed by atoms with E-state index in [4.69, 9.17) is 4.74 Å². The van der Waals surface area contributed by atoms with Crippen LogP contribution in [0.1, 0.15) is 36.0 Å². The average Bonchev–Trinajstić information content (AvgIpc) is 3.53. The van der Waals surface area contributed by atoms with Crippen molar-refractivity contribution >= 4 is 11.8 Å². The number of nitrogens with zero attached hydrogens (tertiary/aromatic N) is 5. The van der Waals surface area contributed by atoms with E-state index < -0.39 is 0 Å². The van der Waals surface area contributed by atoms with Crippen molar-refractivity contribution in [3.63, 3.8) is 0 Å². The van der Waals surface area contributed by atoms with Gasteiger partial charge in [-0.1, -0.05) is 18.2 Å². The van der Waals surface area contributed by atoms with Gasteiger partial charge in [0.2, 0.25) is 5.91 Å². The molecule has 1 unspecified atom stereocenters. The van der Waals surface area contributed by atoms with Crippen LogP contribution in [0.25, 0.3) is 16.9 Å². The van der Waals surface area contributed by atoms with Gasteiger partial charge in [0.1, 0.15) is 5.69 Å². The van der Waals surface area contributed by atoms with Crippen LogP contribution in [0.4, 0.5) is 0 Å². The Hall–Kier alpha value is -3.46. The van der Waals surface area contributed by atoms with Gasteiger partial charge in [-0.3, -0.25) is 14.4 Å². The Morgan fingerprint density at radius 3 is 2.40 bits per heavy atom. The average molecular weight is 476 g/mol. The molecule has 0 bridgehead atoms. The molecule has 1 aliphatic carbocycles. The van der Waals surface area contributed by atoms with Gasteiger partial charge in [0.25, 0.3) is 11.5 Å². The van der Waals surface area contributed by atoms with Gasteiger partial charge >= 0.3 is 0 Å². The fourth-order valence-electron chi connectivity index (χ4n) is 5.08. The molecule has 4 heterocycles. The highest BCUT2D eigenvalue weighted by atomic mass is 16.5. The SMILES string of the molecule is O=C(c1cn(CC2CCCO2)cc2c(=O)n(-c3ccccc3)nc1-2)N1CCN(C(=O)C2CC2)CC1. The van der Waals surface area contributed by atoms with E-state index >= 15 is 0 Å². The molecule has 2 saturated heterocycles. The summed E-state index contributed by atoms with van der Waals surface area (Å²) in [6.07, 6.45) is 7.58. The lowest BCUT2D eigenvalue weighted by atomic mass is 10.1. The molecule has 5 aliphatic rings. The highest BCUT2D eigenvalue weighted by Crippen LogP contribution is 2.31. The van der Waals surface area contributed by atoms with E-state index in [1.165, 1.54) is 4.68 Å². The van der Waals surface area contributed by atoms with Gasteiger partial charge in [-0.15, -0.1) is 0 Å². The fourth-order valence-corrected chi connectivity index (χ4v) is 5.08. The van der Waals surface area contributed by atoms with Crippen molar-refractivity contribution in [1.29, 1.82) is 0 Å². The van der Waals surface area contributed by atoms with Crippen LogP contribution in [0.15, 0.2) is 47.5 Å². The highest BCUT2D eigenvalue weighted by Gasteiger charge is 2.36. The predicted octanol–water partition coefficient (Wildman–Crippen LogP) is 2.01. The van der Waals surface area contributed by atoms with Gasteiger partial charge in [-0.25, -0.2) is 0 Å². The number of rotatable bonds is 5. The minimum absolute atomic E-state index is 0.0663. The summed E-state index contributed by atoms with van der Waals surface area (Å²) in [5, 5.41) is 4.59. The number of amides is 2. The Bertz CT molecular complexity index is 1260. The van der Waals surface area contributed by atoms with Crippen LogP contribution in [0.3, 0.4) is 0 Å². The summed E-state index contributed by atoms with van der Waals surface area (Å²) in [6, 6.07) is 9.24. The maximum Gasteiger partial charge on any atom is 0.282 e. The zero-order valence-electron chi connectivity index (χ0n) is 19.6. The number of benzene rings is 1. The van der Waals surface area contributed by atoms with Crippen LogP contribution in [0, 0.1) is 5.92 Å². The first-order valence-corrected chi connectivity index (χ1v) is 12.5. The Kier molecular flexibility index (Phi) is 5.64. The van der Waals surface area contributed by atoms with Crippen LogP contribution in [0.5, 0.6) is 0 Å². The van der Waals surface area contributed by atoms with E-state index in [1.807, 2.05) is 39.8 Å². The van der Waals surface area contributed by atoms with Gasteiger partial charge in [-0.2, -0.15) is 9.78 Å². The van der Waals surface area contributed by atoms with E-state index in [0.29, 0.717) is 55.2 Å². The number of ether oxygens (including phenoxy) is 1. The summed E-state index contributed by atoms with van der Waals surface area (Å²) in [6.45, 7) is 3.35. The third-order valence-electron chi connectivity index (χ3n) is 7.20. The molecule has 0 radical (unpaired) electrons. The van der Waals surface area contributed by atoms with Crippen LogP contribution >= 0.6 is 0 Å². The van der Waals surface area contributed by atoms with Crippen molar-refractivity contribution in [2.45, 2.75) is 38.3 Å². The van der Waals surface area contributed by atoms with Crippen molar-refractivity contribution < 1.29 is 14.3 Å². The maximum atomic E-state index is 13.7. The number of para-hydroxylation sites is 1. The third-order valence-corrected chi connectivity index (χ3v) is 7.20. The molecule has 4 aliphatic heterocycles. The molecule has 3 fully saturated rings. The van der Waals surface area contributed by atoms with E-state index in [0.717, 1.165) is 32.3 Å². The lowest BCUT2D eigenvalue weighted by Crippen LogP contribution is -2.51. The normalized spacial score (nSPS) is 20.5. The van der Waals surface area contributed by atoms with Crippen LogP contribution in [0.2, 0.25) is 0 Å². The molecule has 9 nitrogen and oxygen atoms in total. The maximum absolute atomic E-state index is 13.7. The van der Waals surface area contributed by atoms with E-state index in [2.05, 4.69) is 5.10 Å². The lowest BCUT2D eigenvalue weighted by Gasteiger charge is -2.35. The molecule has 1 saturated carbocycles. The van der Waals surface area contributed by atoms with Crippen molar-refractivity contribution in [2.24, 2.45) is 5.92 Å². The van der Waals surface area contributed by atoms with Gasteiger partial charge < -0.3 is 19.1 Å². The number of fused-ring (bicyclic) bond motifs is 1. The van der Waals surface area contributed by atoms with Gasteiger partial charge in [0.15, 0.2) is 0 Å². The summed E-state index contributed by atoms with van der Waals surface area (Å²) in [4.78, 5) is 43.1. The summed E-state index contributed by atoms with van der Waals surface area (Å²) in [5.41, 5.74) is 1.64. The Morgan fingerprint density at radius 1 is 0.971 bits per heavy atom. The minimum atomic E-state index is -0.248. The zero-order chi connectivity index (χ0) is 23.9. The number of aromatic nitrogens is 3. The molecule has 9 heteroatoms. The Labute approximate surface area is 203 Å². The molecule has 2 amide bonds. The minimum Gasteiger partial charge on any atom is -0.376 e. The van der Waals surface area contributed by atoms with E-state index in [1.54, 1.807) is 17.3 Å². The number of hydrogen-bond acceptors (Lipinski definition) is 5. The number of piperazine rings is 1. The molecule has 1 aromatic rings. The van der Waals surface area contributed by atoms with Gasteiger partial charge in [0.05, 0.1) is 22.9 Å². The van der Waals surface area contributed by atoms with Crippen molar-refractivity contribution in [3.05, 3.63) is 58.6 Å². The number of carbonyl (C=O) groups excluding carboxylic acids is 2. The largest absolute Gasteiger partial charge is 0.376 e. The van der Waals surface area contributed by atoms with Crippen LogP contribution in [-0.4, -0.2) is 74.9 Å². The Balaban J connectivity index is 1.33. The predicted molar refractivity (Wildman–Crippen MR) is 129 cm³/mol. The molecule has 0 aromatic heterocycles. The summed E-state index contributed by atoms with van der Waals surface area (Å²) >= 11 is 0. The third kappa shape index (κ3) is 4.25. The van der Waals surface area contributed by atoms with Crippen molar-refractivity contribution in [1.82, 2.24) is 24.1 Å². The molecule has 1 aromatic carbocycles. The summed E-state index contributed by atoms with van der Waals surface area (Å²) in [7, 11) is 0. The number of hydrogen-bond donors (Lipinski definition) is 0. The van der Waals surface area contributed by atoms with Crippen LogP contribution in [-0.2, 0) is 16.1 Å². The van der Waals surface area contributed by atoms with Crippen molar-refractivity contribution in [3.8, 4) is 16.9 Å². The summed E-state index contributed by atoms with van der Waals surface area (Å²) < 4.78 is 9.06. The highest BCUT2D eigenvalue weighted by molar-refractivity contribution is 6.00. The van der Waals surface area contributed by atoms with Gasteiger partial charge in [-0.05, 0) is 37.8 Å². The first-order valence-electron chi connectivity index (χ1n) is 12.5. The molecule has 182 valence electrons. The molecule has 1 atom stereocenters. The second kappa shape index (κ2) is 8.96. The lowest BCUT2D eigenvalue weighted by molar-refractivity contribution is -0.134. The molecule has 6 rings (SSSR count). The summed E-state index contributed by atoms with van der Waals surface area (Å²) in [5.74, 6) is 0.235. The molecule has 0 N–H and O–H groups in total. The first kappa shape index (κ1) is 22.0. The number of pyridine rings is 1. The first-order chi connectivity index (χ1) is 17.1. The molecule has 35 heavy (non-hydrogen) atoms. The van der Waals surface area contributed by atoms with Crippen LogP contribution < -0.4 is 5.56 Å².